The first-order valence-corrected chi connectivity index (χ1v) is 12.5. The van der Waals surface area contributed by atoms with Crippen molar-refractivity contribution in [2.75, 3.05) is 0 Å². The Morgan fingerprint density at radius 1 is 0.462 bits per heavy atom. The van der Waals surface area contributed by atoms with Gasteiger partial charge in [-0.25, -0.2) is 0 Å². The Labute approximate surface area is 167 Å². The first kappa shape index (κ1) is 25.7. The molecule has 0 amide bonds. The molecule has 0 heterocycles. The lowest BCUT2D eigenvalue weighted by Gasteiger charge is -2.11. The molecular formula is C26H52. The minimum Gasteiger partial charge on any atom is -0.0885 e. The number of hydrogen-bond acceptors (Lipinski definition) is 0. The molecule has 0 aliphatic rings. The Morgan fingerprint density at radius 3 is 1.27 bits per heavy atom. The Bertz CT molecular complexity index is 265. The van der Waals surface area contributed by atoms with Gasteiger partial charge in [0.1, 0.15) is 0 Å². The van der Waals surface area contributed by atoms with Crippen LogP contribution >= 0.6 is 0 Å². The van der Waals surface area contributed by atoms with Gasteiger partial charge in [0.15, 0.2) is 0 Å². The number of hydrogen-bond donors (Lipinski definition) is 0. The first-order valence-electron chi connectivity index (χ1n) is 12.5. The monoisotopic (exact) mass is 364 g/mol. The highest BCUT2D eigenvalue weighted by Gasteiger charge is 2.02. The molecule has 0 saturated carbocycles. The van der Waals surface area contributed by atoms with Crippen molar-refractivity contribution >= 4 is 0 Å². The van der Waals surface area contributed by atoms with Crippen molar-refractivity contribution in [3.05, 3.63) is 12.2 Å². The summed E-state index contributed by atoms with van der Waals surface area (Å²) < 4.78 is 0. The zero-order valence-electron chi connectivity index (χ0n) is 18.9. The maximum atomic E-state index is 2.47. The maximum Gasteiger partial charge on any atom is -0.0351 e. The highest BCUT2D eigenvalue weighted by molar-refractivity contribution is 4.81. The standard InChI is InChI=1S/C26H52/c1-4-6-8-10-12-14-15-16-17-19-21-23-25-26(3)24-22-20-18-13-11-9-7-5-2/h14-15,26H,4-13,16-25H2,1-3H3. The van der Waals surface area contributed by atoms with Crippen molar-refractivity contribution in [2.45, 2.75) is 149 Å². The van der Waals surface area contributed by atoms with Crippen LogP contribution in [0.4, 0.5) is 0 Å². The van der Waals surface area contributed by atoms with Crippen LogP contribution < -0.4 is 0 Å². The van der Waals surface area contributed by atoms with E-state index in [4.69, 9.17) is 0 Å². The average molecular weight is 365 g/mol. The number of rotatable bonds is 21. The van der Waals surface area contributed by atoms with E-state index >= 15 is 0 Å². The third-order valence-electron chi connectivity index (χ3n) is 5.76. The lowest BCUT2D eigenvalue weighted by Crippen LogP contribution is -1.95. The molecule has 156 valence electrons. The van der Waals surface area contributed by atoms with Gasteiger partial charge in [0, 0.05) is 0 Å². The van der Waals surface area contributed by atoms with E-state index < -0.39 is 0 Å². The Balaban J connectivity index is 3.19. The predicted octanol–water partition coefficient (Wildman–Crippen LogP) is 10.0. The summed E-state index contributed by atoms with van der Waals surface area (Å²) in [6.45, 7) is 7.06. The summed E-state index contributed by atoms with van der Waals surface area (Å²) >= 11 is 0. The fourth-order valence-corrected chi connectivity index (χ4v) is 3.80. The van der Waals surface area contributed by atoms with Crippen molar-refractivity contribution in [3.63, 3.8) is 0 Å². The van der Waals surface area contributed by atoms with Crippen molar-refractivity contribution in [1.82, 2.24) is 0 Å². The van der Waals surface area contributed by atoms with Gasteiger partial charge in [0.25, 0.3) is 0 Å². The quantitative estimate of drug-likeness (QED) is 0.140. The summed E-state index contributed by atoms with van der Waals surface area (Å²) in [5.74, 6) is 0.957. The summed E-state index contributed by atoms with van der Waals surface area (Å²) in [6.07, 6.45) is 33.3. The van der Waals surface area contributed by atoms with Gasteiger partial charge in [-0.2, -0.15) is 0 Å². The molecule has 0 aromatic heterocycles. The van der Waals surface area contributed by atoms with Crippen LogP contribution in [0.15, 0.2) is 12.2 Å². The fourth-order valence-electron chi connectivity index (χ4n) is 3.80. The maximum absolute atomic E-state index is 2.47. The van der Waals surface area contributed by atoms with E-state index in [-0.39, 0.29) is 0 Å². The molecule has 0 N–H and O–H groups in total. The molecule has 0 spiro atoms. The van der Waals surface area contributed by atoms with Gasteiger partial charge < -0.3 is 0 Å². The smallest absolute Gasteiger partial charge is 0.0351 e. The van der Waals surface area contributed by atoms with Gasteiger partial charge in [-0.3, -0.25) is 0 Å². The second-order valence-electron chi connectivity index (χ2n) is 8.68. The Hall–Kier alpha value is -0.260. The van der Waals surface area contributed by atoms with Gasteiger partial charge in [-0.15, -0.1) is 0 Å². The van der Waals surface area contributed by atoms with Gasteiger partial charge >= 0.3 is 0 Å². The van der Waals surface area contributed by atoms with E-state index in [0.717, 1.165) is 5.92 Å². The Kier molecular flexibility index (Phi) is 22.6. The zero-order chi connectivity index (χ0) is 19.1. The Morgan fingerprint density at radius 2 is 0.808 bits per heavy atom. The third kappa shape index (κ3) is 21.8. The molecule has 0 heteroatoms. The van der Waals surface area contributed by atoms with Crippen LogP contribution in [0.2, 0.25) is 0 Å². The summed E-state index contributed by atoms with van der Waals surface area (Å²) in [5.41, 5.74) is 0. The number of allylic oxidation sites excluding steroid dienone is 2. The van der Waals surface area contributed by atoms with E-state index in [0.29, 0.717) is 0 Å². The van der Waals surface area contributed by atoms with Crippen molar-refractivity contribution < 1.29 is 0 Å². The van der Waals surface area contributed by atoms with E-state index in [1.807, 2.05) is 0 Å². The largest absolute Gasteiger partial charge is 0.0885 e. The van der Waals surface area contributed by atoms with Crippen LogP contribution in [0.25, 0.3) is 0 Å². The van der Waals surface area contributed by atoms with Gasteiger partial charge in [-0.1, -0.05) is 136 Å². The van der Waals surface area contributed by atoms with Crippen LogP contribution in [0.1, 0.15) is 149 Å². The molecule has 0 radical (unpaired) electrons. The lowest BCUT2D eigenvalue weighted by atomic mass is 9.96. The molecule has 0 aromatic rings. The molecule has 0 nitrogen and oxygen atoms in total. The van der Waals surface area contributed by atoms with Gasteiger partial charge in [0.05, 0.1) is 0 Å². The fraction of sp³-hybridized carbons (Fsp3) is 0.923. The summed E-state index contributed by atoms with van der Waals surface area (Å²) in [5, 5.41) is 0. The SMILES string of the molecule is CCCCCCC=CCCCCCCC(C)CCCCCCCCCC. The summed E-state index contributed by atoms with van der Waals surface area (Å²) in [4.78, 5) is 0. The summed E-state index contributed by atoms with van der Waals surface area (Å²) in [6, 6.07) is 0. The van der Waals surface area contributed by atoms with Gasteiger partial charge in [0.2, 0.25) is 0 Å². The molecule has 1 atom stereocenters. The highest BCUT2D eigenvalue weighted by Crippen LogP contribution is 2.18. The van der Waals surface area contributed by atoms with Crippen molar-refractivity contribution in [3.8, 4) is 0 Å². The van der Waals surface area contributed by atoms with E-state index in [1.165, 1.54) is 128 Å². The second kappa shape index (κ2) is 22.8. The molecule has 0 bridgehead atoms. The zero-order valence-corrected chi connectivity index (χ0v) is 18.9. The highest BCUT2D eigenvalue weighted by atomic mass is 14.1. The minimum atomic E-state index is 0.957. The van der Waals surface area contributed by atoms with E-state index in [2.05, 4.69) is 32.9 Å². The molecule has 0 aromatic carbocycles. The molecule has 0 aliphatic heterocycles. The van der Waals surface area contributed by atoms with Crippen LogP contribution in [0.5, 0.6) is 0 Å². The predicted molar refractivity (Wildman–Crippen MR) is 122 cm³/mol. The van der Waals surface area contributed by atoms with E-state index in [9.17, 15) is 0 Å². The minimum absolute atomic E-state index is 0.957. The molecule has 0 aliphatic carbocycles. The van der Waals surface area contributed by atoms with Crippen LogP contribution in [0.3, 0.4) is 0 Å². The normalized spacial score (nSPS) is 12.9. The van der Waals surface area contributed by atoms with Crippen molar-refractivity contribution in [2.24, 2.45) is 5.92 Å². The molecule has 26 heavy (non-hydrogen) atoms. The lowest BCUT2D eigenvalue weighted by molar-refractivity contribution is 0.432. The van der Waals surface area contributed by atoms with Gasteiger partial charge in [-0.05, 0) is 31.6 Å². The first-order chi connectivity index (χ1) is 12.8. The average Bonchev–Trinajstić information content (AvgIpc) is 2.65. The molecule has 0 fully saturated rings. The molecular weight excluding hydrogens is 312 g/mol. The molecule has 1 unspecified atom stereocenters. The third-order valence-corrected chi connectivity index (χ3v) is 5.76. The van der Waals surface area contributed by atoms with E-state index in [1.54, 1.807) is 0 Å². The second-order valence-corrected chi connectivity index (χ2v) is 8.68. The molecule has 0 rings (SSSR count). The topological polar surface area (TPSA) is 0 Å². The number of unbranched alkanes of at least 4 members (excludes halogenated alkanes) is 15. The van der Waals surface area contributed by atoms with Crippen molar-refractivity contribution in [1.29, 1.82) is 0 Å². The molecule has 0 saturated heterocycles. The summed E-state index contributed by atoms with van der Waals surface area (Å²) in [7, 11) is 0. The van der Waals surface area contributed by atoms with Crippen LogP contribution in [-0.4, -0.2) is 0 Å². The van der Waals surface area contributed by atoms with Crippen LogP contribution in [-0.2, 0) is 0 Å². The van der Waals surface area contributed by atoms with Crippen LogP contribution in [0, 0.1) is 5.92 Å².